The Bertz CT molecular complexity index is 948. The topological polar surface area (TPSA) is 97.8 Å². The van der Waals surface area contributed by atoms with Gasteiger partial charge in [-0.25, -0.2) is 4.79 Å². The number of nitrogens with two attached hydrogens (primary N) is 1. The normalized spacial score (nSPS) is 19.6. The van der Waals surface area contributed by atoms with Crippen molar-refractivity contribution in [3.63, 3.8) is 0 Å². The maximum atomic E-state index is 12.7. The number of fused-ring (bicyclic) bond motifs is 1. The summed E-state index contributed by atoms with van der Waals surface area (Å²) in [6.07, 6.45) is 5.53. The number of methoxy groups -OCH3 is 1. The van der Waals surface area contributed by atoms with E-state index in [0.29, 0.717) is 29.1 Å². The number of hydrogen-bond acceptors (Lipinski definition) is 5. The van der Waals surface area contributed by atoms with Gasteiger partial charge in [-0.3, -0.25) is 4.79 Å². The Morgan fingerprint density at radius 1 is 1.33 bits per heavy atom. The number of anilines is 1. The van der Waals surface area contributed by atoms with Gasteiger partial charge in [-0.1, -0.05) is 0 Å². The Morgan fingerprint density at radius 3 is 2.74 bits per heavy atom. The smallest absolute Gasteiger partial charge is 0.341 e. The second-order valence-corrected chi connectivity index (χ2v) is 7.51. The van der Waals surface area contributed by atoms with Gasteiger partial charge in [0.1, 0.15) is 5.56 Å². The molecule has 3 N–H and O–H groups in total. The van der Waals surface area contributed by atoms with Crippen LogP contribution in [0.5, 0.6) is 5.75 Å². The molecule has 1 saturated heterocycles. The molecule has 0 radical (unpaired) electrons. The lowest BCUT2D eigenvalue weighted by molar-refractivity contribution is 0.0695. The highest BCUT2D eigenvalue weighted by Gasteiger charge is 2.31. The number of pyridine rings is 1. The van der Waals surface area contributed by atoms with E-state index in [-0.39, 0.29) is 11.6 Å². The number of carboxylic acid groups (broad SMARTS) is 1. The Hall–Kier alpha value is -2.54. The number of rotatable bonds is 6. The summed E-state index contributed by atoms with van der Waals surface area (Å²) in [6.45, 7) is 2.53. The second-order valence-electron chi connectivity index (χ2n) is 7.51. The van der Waals surface area contributed by atoms with Gasteiger partial charge in [0.2, 0.25) is 5.43 Å². The molecule has 2 aliphatic rings. The van der Waals surface area contributed by atoms with Crippen LogP contribution in [-0.2, 0) is 0 Å². The van der Waals surface area contributed by atoms with Crippen LogP contribution < -0.4 is 20.8 Å². The van der Waals surface area contributed by atoms with E-state index in [4.69, 9.17) is 10.5 Å². The van der Waals surface area contributed by atoms with Gasteiger partial charge in [-0.15, -0.1) is 0 Å². The van der Waals surface area contributed by atoms with Gasteiger partial charge in [0, 0.05) is 25.3 Å². The highest BCUT2D eigenvalue weighted by Crippen LogP contribution is 2.43. The fourth-order valence-corrected chi connectivity index (χ4v) is 4.17. The molecule has 1 unspecified atom stereocenters. The first-order chi connectivity index (χ1) is 13.0. The molecule has 0 spiro atoms. The number of benzene rings is 1. The van der Waals surface area contributed by atoms with Crippen molar-refractivity contribution in [1.82, 2.24) is 4.57 Å². The van der Waals surface area contributed by atoms with Crippen molar-refractivity contribution in [3.8, 4) is 5.75 Å². The molecule has 1 aromatic heterocycles. The zero-order chi connectivity index (χ0) is 19.1. The lowest BCUT2D eigenvalue weighted by Crippen LogP contribution is -2.23. The quantitative estimate of drug-likeness (QED) is 0.808. The third-order valence-corrected chi connectivity index (χ3v) is 5.70. The van der Waals surface area contributed by atoms with Crippen LogP contribution in [-0.4, -0.2) is 42.4 Å². The minimum absolute atomic E-state index is 0.187. The zero-order valence-corrected chi connectivity index (χ0v) is 15.5. The highest BCUT2D eigenvalue weighted by molar-refractivity contribution is 5.97. The number of carboxylic acids is 1. The lowest BCUT2D eigenvalue weighted by Gasteiger charge is -2.24. The van der Waals surface area contributed by atoms with Crippen LogP contribution in [0.2, 0.25) is 0 Å². The molecule has 1 aromatic carbocycles. The monoisotopic (exact) mass is 371 g/mol. The Labute approximate surface area is 157 Å². The Balaban J connectivity index is 1.89. The summed E-state index contributed by atoms with van der Waals surface area (Å²) in [5, 5.41) is 9.82. The third-order valence-electron chi connectivity index (χ3n) is 5.70. The summed E-state index contributed by atoms with van der Waals surface area (Å²) in [4.78, 5) is 26.5. The molecule has 27 heavy (non-hydrogen) atoms. The van der Waals surface area contributed by atoms with E-state index in [1.165, 1.54) is 6.20 Å². The van der Waals surface area contributed by atoms with Crippen LogP contribution in [0.3, 0.4) is 0 Å². The maximum Gasteiger partial charge on any atom is 0.341 e. The SMILES string of the molecule is COc1c(N2CCC(CCN)C2)ccc2c(=O)c(C(=O)O)cn(C3CC3)c12. The molecule has 2 fully saturated rings. The second kappa shape index (κ2) is 6.88. The van der Waals surface area contributed by atoms with E-state index in [1.54, 1.807) is 13.2 Å². The summed E-state index contributed by atoms with van der Waals surface area (Å²) in [5.74, 6) is 0.0285. The summed E-state index contributed by atoms with van der Waals surface area (Å²) in [6, 6.07) is 3.85. The molecular formula is C20H25N3O4. The van der Waals surface area contributed by atoms with Crippen molar-refractivity contribution in [3.05, 3.63) is 34.1 Å². The van der Waals surface area contributed by atoms with Crippen LogP contribution in [0, 0.1) is 5.92 Å². The van der Waals surface area contributed by atoms with Gasteiger partial charge >= 0.3 is 5.97 Å². The molecule has 2 aromatic rings. The van der Waals surface area contributed by atoms with Crippen LogP contribution in [0.15, 0.2) is 23.1 Å². The number of carbonyl (C=O) groups is 1. The van der Waals surface area contributed by atoms with Crippen molar-refractivity contribution in [2.45, 2.75) is 31.7 Å². The van der Waals surface area contributed by atoms with Gasteiger partial charge in [0.25, 0.3) is 0 Å². The van der Waals surface area contributed by atoms with Crippen molar-refractivity contribution < 1.29 is 14.6 Å². The Morgan fingerprint density at radius 2 is 2.11 bits per heavy atom. The summed E-state index contributed by atoms with van der Waals surface area (Å²) < 4.78 is 7.69. The first-order valence-electron chi connectivity index (χ1n) is 9.49. The van der Waals surface area contributed by atoms with Crippen LogP contribution in [0.4, 0.5) is 5.69 Å². The maximum absolute atomic E-state index is 12.7. The third kappa shape index (κ3) is 3.06. The molecule has 7 heteroatoms. The average molecular weight is 371 g/mol. The molecule has 1 aliphatic heterocycles. The van der Waals surface area contributed by atoms with Crippen molar-refractivity contribution in [1.29, 1.82) is 0 Å². The van der Waals surface area contributed by atoms with Gasteiger partial charge in [0.15, 0.2) is 5.75 Å². The molecule has 7 nitrogen and oxygen atoms in total. The fourth-order valence-electron chi connectivity index (χ4n) is 4.17. The van der Waals surface area contributed by atoms with E-state index in [0.717, 1.165) is 44.5 Å². The zero-order valence-electron chi connectivity index (χ0n) is 15.5. The van der Waals surface area contributed by atoms with Gasteiger partial charge in [-0.05, 0) is 50.3 Å². The van der Waals surface area contributed by atoms with E-state index < -0.39 is 11.4 Å². The average Bonchev–Trinajstić information content (AvgIpc) is 3.39. The number of ether oxygens (including phenoxy) is 1. The van der Waals surface area contributed by atoms with E-state index >= 15 is 0 Å². The van der Waals surface area contributed by atoms with Crippen molar-refractivity contribution >= 4 is 22.6 Å². The fraction of sp³-hybridized carbons (Fsp3) is 0.500. The molecule has 2 heterocycles. The molecule has 1 aliphatic carbocycles. The number of hydrogen-bond donors (Lipinski definition) is 2. The minimum atomic E-state index is -1.19. The van der Waals surface area contributed by atoms with Crippen LogP contribution >= 0.6 is 0 Å². The van der Waals surface area contributed by atoms with Gasteiger partial charge in [0.05, 0.1) is 23.7 Å². The predicted molar refractivity (Wildman–Crippen MR) is 104 cm³/mol. The van der Waals surface area contributed by atoms with Crippen LogP contribution in [0.1, 0.15) is 42.1 Å². The first kappa shape index (κ1) is 17.9. The standard InChI is InChI=1S/C20H25N3O4/c1-27-19-16(22-9-7-12(10-22)6-8-21)5-4-14-17(19)23(13-2-3-13)11-15(18(14)24)20(25)26/h4-5,11-13H,2-3,6-10,21H2,1H3,(H,25,26). The minimum Gasteiger partial charge on any atom is -0.492 e. The molecule has 4 rings (SSSR count). The van der Waals surface area contributed by atoms with Gasteiger partial charge in [-0.2, -0.15) is 0 Å². The number of nitrogens with zero attached hydrogens (tertiary/aromatic N) is 2. The first-order valence-corrected chi connectivity index (χ1v) is 9.49. The number of aromatic carboxylic acids is 1. The molecular weight excluding hydrogens is 346 g/mol. The van der Waals surface area contributed by atoms with E-state index in [9.17, 15) is 14.7 Å². The van der Waals surface area contributed by atoms with Crippen molar-refractivity contribution in [2.24, 2.45) is 11.7 Å². The molecule has 0 bridgehead atoms. The highest BCUT2D eigenvalue weighted by atomic mass is 16.5. The molecule has 0 amide bonds. The molecule has 144 valence electrons. The largest absolute Gasteiger partial charge is 0.492 e. The van der Waals surface area contributed by atoms with Crippen molar-refractivity contribution in [2.75, 3.05) is 31.6 Å². The van der Waals surface area contributed by atoms with E-state index in [2.05, 4.69) is 4.90 Å². The molecule has 1 atom stereocenters. The predicted octanol–water partition coefficient (Wildman–Crippen LogP) is 2.22. The summed E-state index contributed by atoms with van der Waals surface area (Å²) >= 11 is 0. The van der Waals surface area contributed by atoms with E-state index in [1.807, 2.05) is 10.6 Å². The molecule has 1 saturated carbocycles. The number of aromatic nitrogens is 1. The summed E-state index contributed by atoms with van der Waals surface area (Å²) in [5.41, 5.74) is 6.73. The lowest BCUT2D eigenvalue weighted by atomic mass is 10.1. The Kier molecular flexibility index (Phi) is 4.55. The van der Waals surface area contributed by atoms with Crippen LogP contribution in [0.25, 0.3) is 10.9 Å². The summed E-state index contributed by atoms with van der Waals surface area (Å²) in [7, 11) is 1.61. The van der Waals surface area contributed by atoms with Gasteiger partial charge < -0.3 is 25.0 Å².